The molecule has 0 spiro atoms. The molecule has 2 aromatic rings. The summed E-state index contributed by atoms with van der Waals surface area (Å²) in [6.07, 6.45) is 8.34. The van der Waals surface area contributed by atoms with E-state index >= 15 is 0 Å². The minimum absolute atomic E-state index is 0. The van der Waals surface area contributed by atoms with Crippen molar-refractivity contribution in [2.24, 2.45) is 0 Å². The molecule has 4 rings (SSSR count). The van der Waals surface area contributed by atoms with E-state index in [-0.39, 0.29) is 35.6 Å². The fraction of sp³-hybridized carbons (Fsp3) is 0.448. The van der Waals surface area contributed by atoms with Gasteiger partial charge in [-0.05, 0) is 0 Å². The van der Waals surface area contributed by atoms with Gasteiger partial charge >= 0.3 is 193 Å². The summed E-state index contributed by atoms with van der Waals surface area (Å²) in [5, 5.41) is 0. The molecule has 0 radical (unpaired) electrons. The first-order valence-electron chi connectivity index (χ1n) is 11.5. The van der Waals surface area contributed by atoms with Gasteiger partial charge in [0.2, 0.25) is 0 Å². The Hall–Kier alpha value is -0.630. The summed E-state index contributed by atoms with van der Waals surface area (Å²) in [7, 11) is 0. The fourth-order valence-electron chi connectivity index (χ4n) is 5.08. The van der Waals surface area contributed by atoms with Crippen LogP contribution in [0.1, 0.15) is 87.7 Å². The Morgan fingerprint density at radius 3 is 1.59 bits per heavy atom. The Bertz CT molecular complexity index is 969. The number of allylic oxidation sites excluding steroid dienone is 4. The Labute approximate surface area is 216 Å². The molecule has 0 heterocycles. The van der Waals surface area contributed by atoms with Crippen LogP contribution in [0.3, 0.4) is 0 Å². The molecule has 0 unspecified atom stereocenters. The second-order valence-corrected chi connectivity index (χ2v) is 23.3. The van der Waals surface area contributed by atoms with Gasteiger partial charge in [0.25, 0.3) is 0 Å². The smallest absolute Gasteiger partial charge is 1.00 e. The average molecular weight is 635 g/mol. The molecule has 0 saturated heterocycles. The monoisotopic (exact) mass is 635 g/mol. The van der Waals surface area contributed by atoms with Crippen LogP contribution in [0.25, 0.3) is 11.1 Å². The molecular weight excluding hydrogens is 598 g/mol. The summed E-state index contributed by atoms with van der Waals surface area (Å²) in [6, 6.07) is 14.8. The normalized spacial score (nSPS) is 15.1. The zero-order valence-electron chi connectivity index (χ0n) is 20.8. The zero-order chi connectivity index (χ0) is 21.8. The topological polar surface area (TPSA) is 0 Å². The first kappa shape index (κ1) is 27.6. The van der Waals surface area contributed by atoms with Crippen molar-refractivity contribution < 1.29 is 46.3 Å². The molecule has 3 heteroatoms. The van der Waals surface area contributed by atoms with Crippen molar-refractivity contribution in [1.29, 1.82) is 0 Å². The number of halogens is 2. The Balaban J connectivity index is 0.00000181. The molecule has 0 aromatic heterocycles. The van der Waals surface area contributed by atoms with E-state index in [1.807, 2.05) is 0 Å². The zero-order valence-corrected chi connectivity index (χ0v) is 25.9. The largest absolute Gasteiger partial charge is 1.00 e. The predicted octanol–water partition coefficient (Wildman–Crippen LogP) is 2.65. The van der Waals surface area contributed by atoms with Crippen molar-refractivity contribution in [3.8, 4) is 11.1 Å². The molecule has 0 atom stereocenters. The van der Waals surface area contributed by atoms with Crippen LogP contribution in [0.15, 0.2) is 58.0 Å². The summed E-state index contributed by atoms with van der Waals surface area (Å²) < 4.78 is 3.26. The molecule has 0 amide bonds. The maximum absolute atomic E-state index is 2.58. The third kappa shape index (κ3) is 5.06. The maximum Gasteiger partial charge on any atom is -1.00 e. The van der Waals surface area contributed by atoms with Gasteiger partial charge in [-0.15, -0.1) is 0 Å². The minimum Gasteiger partial charge on any atom is -1.00 e. The van der Waals surface area contributed by atoms with E-state index in [2.05, 4.69) is 110 Å². The van der Waals surface area contributed by atoms with Gasteiger partial charge in [0.1, 0.15) is 0 Å². The van der Waals surface area contributed by atoms with Crippen molar-refractivity contribution >= 4 is 0 Å². The van der Waals surface area contributed by atoms with E-state index in [1.165, 1.54) is 28.7 Å². The molecule has 2 aliphatic rings. The molecule has 0 fully saturated rings. The van der Waals surface area contributed by atoms with Gasteiger partial charge in [0.15, 0.2) is 0 Å². The van der Waals surface area contributed by atoms with E-state index < -0.39 is 21.4 Å². The van der Waals surface area contributed by atoms with Gasteiger partial charge in [0, 0.05) is 0 Å². The van der Waals surface area contributed by atoms with Gasteiger partial charge in [-0.2, -0.15) is 0 Å². The van der Waals surface area contributed by atoms with Crippen molar-refractivity contribution in [2.45, 2.75) is 80.0 Å². The van der Waals surface area contributed by atoms with Gasteiger partial charge < -0.3 is 24.8 Å². The summed E-state index contributed by atoms with van der Waals surface area (Å²) in [5.74, 6) is 0. The molecule has 32 heavy (non-hydrogen) atoms. The number of hydrogen-bond donors (Lipinski definition) is 0. The summed E-state index contributed by atoms with van der Waals surface area (Å²) >= 11 is -2.18. The Morgan fingerprint density at radius 2 is 1.25 bits per heavy atom. The molecule has 0 N–H and O–H groups in total. The minimum atomic E-state index is -2.18. The molecule has 0 aliphatic heterocycles. The second-order valence-electron chi connectivity index (χ2n) is 11.5. The molecule has 0 bridgehead atoms. The first-order valence-corrected chi connectivity index (χ1v) is 17.4. The number of fused-ring (bicyclic) bond motifs is 3. The van der Waals surface area contributed by atoms with Crippen molar-refractivity contribution in [3.63, 3.8) is 0 Å². The third-order valence-corrected chi connectivity index (χ3v) is 19.8. The molecule has 0 saturated carbocycles. The SMILES string of the molecule is C[CH](C)[Hf+2]([C]1=CC=CC1)[CH]1c2cc(C(C)(C)C)ccc2-c2ccc(C(C)(C)C)cc21.[Cl-].[Cl-]. The van der Waals surface area contributed by atoms with Crippen LogP contribution in [0.2, 0.25) is 3.67 Å². The Morgan fingerprint density at radius 1 is 0.781 bits per heavy atom. The van der Waals surface area contributed by atoms with E-state index in [0.717, 1.165) is 3.67 Å². The van der Waals surface area contributed by atoms with Crippen LogP contribution >= 0.6 is 0 Å². The van der Waals surface area contributed by atoms with Crippen LogP contribution in [-0.4, -0.2) is 0 Å². The second kappa shape index (κ2) is 9.93. The van der Waals surface area contributed by atoms with Crippen LogP contribution in [-0.2, 0) is 32.3 Å². The molecular formula is C29H37Cl2Hf. The third-order valence-electron chi connectivity index (χ3n) is 6.82. The van der Waals surface area contributed by atoms with E-state index in [4.69, 9.17) is 0 Å². The molecule has 2 aromatic carbocycles. The summed E-state index contributed by atoms with van der Waals surface area (Å²) in [5.41, 5.74) is 9.58. The average Bonchev–Trinajstić information content (AvgIpc) is 3.27. The molecule has 171 valence electrons. The predicted molar refractivity (Wildman–Crippen MR) is 128 cm³/mol. The van der Waals surface area contributed by atoms with Crippen molar-refractivity contribution in [2.75, 3.05) is 0 Å². The maximum atomic E-state index is 2.58. The molecule has 0 nitrogen and oxygen atoms in total. The summed E-state index contributed by atoms with van der Waals surface area (Å²) in [4.78, 5) is 0. The van der Waals surface area contributed by atoms with Crippen LogP contribution < -0.4 is 24.8 Å². The van der Waals surface area contributed by atoms with Crippen molar-refractivity contribution in [1.82, 2.24) is 0 Å². The Kier molecular flexibility index (Phi) is 8.57. The standard InChI is InChI=1S/C21H25.C5H5.C3H7.2ClH.Hf/c1-20(2,3)16-7-9-18-14(12-16)11-15-13-17(21(4,5)6)8-10-19(15)18;1-2-4-5-3-1;1-3-2;;;/h7-13H,1-6H3;1-3H,4H2;3H,1-2H3;2*1H;/q;;;;;+2/p-2. The number of rotatable bonds is 3. The first-order chi connectivity index (χ1) is 14.0. The van der Waals surface area contributed by atoms with Gasteiger partial charge in [-0.1, -0.05) is 0 Å². The van der Waals surface area contributed by atoms with Crippen LogP contribution in [0.5, 0.6) is 0 Å². The number of hydrogen-bond acceptors (Lipinski definition) is 0. The fourth-order valence-corrected chi connectivity index (χ4v) is 17.9. The van der Waals surface area contributed by atoms with Gasteiger partial charge in [-0.3, -0.25) is 0 Å². The van der Waals surface area contributed by atoms with Crippen LogP contribution in [0, 0.1) is 0 Å². The van der Waals surface area contributed by atoms with Gasteiger partial charge in [-0.25, -0.2) is 0 Å². The van der Waals surface area contributed by atoms with E-state index in [9.17, 15) is 0 Å². The van der Waals surface area contributed by atoms with E-state index in [1.54, 1.807) is 14.5 Å². The van der Waals surface area contributed by atoms with Gasteiger partial charge in [0.05, 0.1) is 0 Å². The molecule has 2 aliphatic carbocycles. The quantitative estimate of drug-likeness (QED) is 0.456. The number of benzene rings is 2. The van der Waals surface area contributed by atoms with Crippen LogP contribution in [0.4, 0.5) is 0 Å². The summed E-state index contributed by atoms with van der Waals surface area (Å²) in [6.45, 7) is 19.1. The van der Waals surface area contributed by atoms with Crippen molar-refractivity contribution in [3.05, 3.63) is 80.2 Å². The van der Waals surface area contributed by atoms with E-state index in [0.29, 0.717) is 3.67 Å².